The molecule has 2 aliphatic rings. The SMILES string of the molecule is C=C(C)CC1=CC2CCC1C2. The molecule has 0 nitrogen and oxygen atoms in total. The first-order valence-electron chi connectivity index (χ1n) is 4.60. The maximum atomic E-state index is 3.96. The van der Waals surface area contributed by atoms with Gasteiger partial charge in [-0.3, -0.25) is 0 Å². The van der Waals surface area contributed by atoms with E-state index in [1.807, 2.05) is 0 Å². The summed E-state index contributed by atoms with van der Waals surface area (Å²) in [6, 6.07) is 0. The highest BCUT2D eigenvalue weighted by Crippen LogP contribution is 2.45. The summed E-state index contributed by atoms with van der Waals surface area (Å²) < 4.78 is 0. The summed E-state index contributed by atoms with van der Waals surface area (Å²) in [5.41, 5.74) is 3.01. The van der Waals surface area contributed by atoms with E-state index in [0.29, 0.717) is 0 Å². The molecule has 0 radical (unpaired) electrons. The Morgan fingerprint density at radius 2 is 2.45 bits per heavy atom. The normalized spacial score (nSPS) is 34.1. The van der Waals surface area contributed by atoms with Crippen LogP contribution in [0.2, 0.25) is 0 Å². The van der Waals surface area contributed by atoms with Crippen LogP contribution < -0.4 is 0 Å². The molecule has 0 aromatic heterocycles. The molecular weight excluding hydrogens is 132 g/mol. The van der Waals surface area contributed by atoms with Crippen LogP contribution in [0.5, 0.6) is 0 Å². The van der Waals surface area contributed by atoms with Crippen molar-refractivity contribution in [2.45, 2.75) is 32.6 Å². The summed E-state index contributed by atoms with van der Waals surface area (Å²) in [4.78, 5) is 0. The van der Waals surface area contributed by atoms with Crippen molar-refractivity contribution in [1.82, 2.24) is 0 Å². The van der Waals surface area contributed by atoms with E-state index in [1.165, 1.54) is 31.3 Å². The smallest absolute Gasteiger partial charge is 0.0111 e. The zero-order valence-corrected chi connectivity index (χ0v) is 7.27. The second-order valence-electron chi connectivity index (χ2n) is 4.15. The minimum atomic E-state index is 0.939. The fraction of sp³-hybridized carbons (Fsp3) is 0.636. The average Bonchev–Trinajstić information content (AvgIpc) is 2.45. The molecule has 2 aliphatic carbocycles. The van der Waals surface area contributed by atoms with Gasteiger partial charge in [0.25, 0.3) is 0 Å². The molecule has 0 heterocycles. The van der Waals surface area contributed by atoms with Crippen LogP contribution in [-0.2, 0) is 0 Å². The molecule has 0 aromatic rings. The summed E-state index contributed by atoms with van der Waals surface area (Å²) in [5, 5.41) is 0. The van der Waals surface area contributed by atoms with E-state index >= 15 is 0 Å². The van der Waals surface area contributed by atoms with E-state index in [1.54, 1.807) is 5.57 Å². The predicted octanol–water partition coefficient (Wildman–Crippen LogP) is 3.31. The van der Waals surface area contributed by atoms with E-state index < -0.39 is 0 Å². The van der Waals surface area contributed by atoms with Gasteiger partial charge >= 0.3 is 0 Å². The van der Waals surface area contributed by atoms with Gasteiger partial charge in [-0.05, 0) is 44.4 Å². The molecule has 2 rings (SSSR count). The fourth-order valence-corrected chi connectivity index (χ4v) is 2.50. The lowest BCUT2D eigenvalue weighted by Crippen LogP contribution is -1.97. The largest absolute Gasteiger partial charge is 0.0998 e. The van der Waals surface area contributed by atoms with Crippen LogP contribution in [-0.4, -0.2) is 0 Å². The van der Waals surface area contributed by atoms with Crippen molar-refractivity contribution in [2.75, 3.05) is 0 Å². The molecule has 2 bridgehead atoms. The molecule has 11 heavy (non-hydrogen) atoms. The number of hydrogen-bond acceptors (Lipinski definition) is 0. The van der Waals surface area contributed by atoms with Crippen molar-refractivity contribution in [2.24, 2.45) is 11.8 Å². The van der Waals surface area contributed by atoms with Crippen LogP contribution in [0.15, 0.2) is 23.8 Å². The lowest BCUT2D eigenvalue weighted by Gasteiger charge is -2.12. The minimum Gasteiger partial charge on any atom is -0.0998 e. The van der Waals surface area contributed by atoms with E-state index in [0.717, 1.165) is 11.8 Å². The van der Waals surface area contributed by atoms with Crippen LogP contribution in [0.4, 0.5) is 0 Å². The highest BCUT2D eigenvalue weighted by Gasteiger charge is 2.31. The van der Waals surface area contributed by atoms with Crippen LogP contribution in [0.1, 0.15) is 32.6 Å². The monoisotopic (exact) mass is 148 g/mol. The summed E-state index contributed by atoms with van der Waals surface area (Å²) in [6.45, 7) is 6.09. The second-order valence-corrected chi connectivity index (χ2v) is 4.15. The van der Waals surface area contributed by atoms with Gasteiger partial charge in [0.1, 0.15) is 0 Å². The van der Waals surface area contributed by atoms with Gasteiger partial charge in [-0.1, -0.05) is 23.8 Å². The summed E-state index contributed by atoms with van der Waals surface area (Å²) in [7, 11) is 0. The predicted molar refractivity (Wildman–Crippen MR) is 48.3 cm³/mol. The van der Waals surface area contributed by atoms with Crippen molar-refractivity contribution in [3.63, 3.8) is 0 Å². The minimum absolute atomic E-state index is 0.939. The van der Waals surface area contributed by atoms with Gasteiger partial charge in [0.15, 0.2) is 0 Å². The van der Waals surface area contributed by atoms with Crippen LogP contribution >= 0.6 is 0 Å². The summed E-state index contributed by atoms with van der Waals surface area (Å²) in [6.07, 6.45) is 8.01. The van der Waals surface area contributed by atoms with Gasteiger partial charge in [0, 0.05) is 0 Å². The highest BCUT2D eigenvalue weighted by atomic mass is 14.4. The maximum Gasteiger partial charge on any atom is -0.0111 e. The van der Waals surface area contributed by atoms with E-state index in [9.17, 15) is 0 Å². The topological polar surface area (TPSA) is 0 Å². The Balaban J connectivity index is 2.05. The van der Waals surface area contributed by atoms with E-state index in [4.69, 9.17) is 0 Å². The molecule has 2 atom stereocenters. The van der Waals surface area contributed by atoms with Gasteiger partial charge in [0.2, 0.25) is 0 Å². The number of allylic oxidation sites excluding steroid dienone is 3. The molecule has 1 saturated carbocycles. The number of hydrogen-bond donors (Lipinski definition) is 0. The third kappa shape index (κ3) is 1.26. The number of rotatable bonds is 2. The Hall–Kier alpha value is -0.520. The zero-order valence-electron chi connectivity index (χ0n) is 7.27. The van der Waals surface area contributed by atoms with E-state index in [-0.39, 0.29) is 0 Å². The quantitative estimate of drug-likeness (QED) is 0.527. The second kappa shape index (κ2) is 2.51. The van der Waals surface area contributed by atoms with Crippen LogP contribution in [0.25, 0.3) is 0 Å². The van der Waals surface area contributed by atoms with Crippen molar-refractivity contribution in [3.05, 3.63) is 23.8 Å². The van der Waals surface area contributed by atoms with Gasteiger partial charge in [-0.2, -0.15) is 0 Å². The van der Waals surface area contributed by atoms with E-state index in [2.05, 4.69) is 19.6 Å². The zero-order chi connectivity index (χ0) is 7.84. The first-order chi connectivity index (χ1) is 5.25. The molecule has 60 valence electrons. The highest BCUT2D eigenvalue weighted by molar-refractivity contribution is 5.23. The average molecular weight is 148 g/mol. The fourth-order valence-electron chi connectivity index (χ4n) is 2.50. The molecule has 0 saturated heterocycles. The van der Waals surface area contributed by atoms with Crippen molar-refractivity contribution in [3.8, 4) is 0 Å². The molecule has 0 aromatic carbocycles. The Kier molecular flexibility index (Phi) is 1.63. The van der Waals surface area contributed by atoms with Crippen molar-refractivity contribution < 1.29 is 0 Å². The van der Waals surface area contributed by atoms with Crippen LogP contribution in [0.3, 0.4) is 0 Å². The first-order valence-corrected chi connectivity index (χ1v) is 4.60. The van der Waals surface area contributed by atoms with Gasteiger partial charge < -0.3 is 0 Å². The Morgan fingerprint density at radius 1 is 1.64 bits per heavy atom. The molecule has 1 fully saturated rings. The van der Waals surface area contributed by atoms with Gasteiger partial charge in [-0.15, -0.1) is 0 Å². The molecule has 0 spiro atoms. The standard InChI is InChI=1S/C11H16/c1-8(2)5-11-7-9-3-4-10(11)6-9/h7,9-10H,1,3-6H2,2H3. The maximum absolute atomic E-state index is 3.96. The summed E-state index contributed by atoms with van der Waals surface area (Å²) in [5.74, 6) is 1.88. The third-order valence-corrected chi connectivity index (χ3v) is 2.95. The summed E-state index contributed by atoms with van der Waals surface area (Å²) >= 11 is 0. The molecule has 0 heteroatoms. The third-order valence-electron chi connectivity index (χ3n) is 2.95. The van der Waals surface area contributed by atoms with Gasteiger partial charge in [0.05, 0.1) is 0 Å². The van der Waals surface area contributed by atoms with Crippen molar-refractivity contribution in [1.29, 1.82) is 0 Å². The first kappa shape index (κ1) is 7.15. The molecule has 0 N–H and O–H groups in total. The van der Waals surface area contributed by atoms with Crippen LogP contribution in [0, 0.1) is 11.8 Å². The Labute approximate surface area is 69.0 Å². The molecule has 0 aliphatic heterocycles. The Bertz CT molecular complexity index is 210. The Morgan fingerprint density at radius 3 is 2.91 bits per heavy atom. The molecule has 0 amide bonds. The van der Waals surface area contributed by atoms with Crippen molar-refractivity contribution >= 4 is 0 Å². The lowest BCUT2D eigenvalue weighted by atomic mass is 9.94. The van der Waals surface area contributed by atoms with Gasteiger partial charge in [-0.25, -0.2) is 0 Å². The lowest BCUT2D eigenvalue weighted by molar-refractivity contribution is 0.640. The molecule has 2 unspecified atom stereocenters. The number of fused-ring (bicyclic) bond motifs is 2. The molecular formula is C11H16.